The van der Waals surface area contributed by atoms with Gasteiger partial charge in [0.1, 0.15) is 5.15 Å². The molecule has 1 aromatic rings. The summed E-state index contributed by atoms with van der Waals surface area (Å²) in [5.41, 5.74) is 6.57. The highest BCUT2D eigenvalue weighted by atomic mass is 35.5. The predicted molar refractivity (Wildman–Crippen MR) is 78.7 cm³/mol. The van der Waals surface area contributed by atoms with Gasteiger partial charge in [-0.3, -0.25) is 4.79 Å². The van der Waals surface area contributed by atoms with Gasteiger partial charge in [0, 0.05) is 18.6 Å². The van der Waals surface area contributed by atoms with Crippen LogP contribution in [0.5, 0.6) is 0 Å². The van der Waals surface area contributed by atoms with E-state index in [1.807, 2.05) is 0 Å². The molecule has 0 radical (unpaired) electrons. The summed E-state index contributed by atoms with van der Waals surface area (Å²) < 4.78 is 0. The standard InChI is InChI=1S/C14H19ClN4O/c15-13-7-11(12(16)8-17-13)14(20)18-9-3-5-19-4-1-2-10(19)6-9/h7-10H,1-6,16H2,(H,18,20). The fourth-order valence-corrected chi connectivity index (χ4v) is 3.41. The van der Waals surface area contributed by atoms with Crippen molar-refractivity contribution in [2.24, 2.45) is 0 Å². The molecule has 0 spiro atoms. The minimum Gasteiger partial charge on any atom is -0.397 e. The lowest BCUT2D eigenvalue weighted by molar-refractivity contribution is 0.0897. The van der Waals surface area contributed by atoms with Crippen LogP contribution in [-0.2, 0) is 0 Å². The van der Waals surface area contributed by atoms with Crippen molar-refractivity contribution in [2.45, 2.75) is 37.8 Å². The van der Waals surface area contributed by atoms with Crippen molar-refractivity contribution in [2.75, 3.05) is 18.8 Å². The van der Waals surface area contributed by atoms with Gasteiger partial charge in [-0.05, 0) is 38.3 Å². The summed E-state index contributed by atoms with van der Waals surface area (Å²) in [6.45, 7) is 2.28. The molecule has 2 atom stereocenters. The average Bonchev–Trinajstić information content (AvgIpc) is 2.89. The number of anilines is 1. The Morgan fingerprint density at radius 1 is 1.45 bits per heavy atom. The topological polar surface area (TPSA) is 71.2 Å². The van der Waals surface area contributed by atoms with Crippen LogP contribution in [-0.4, -0.2) is 41.0 Å². The summed E-state index contributed by atoms with van der Waals surface area (Å²) in [7, 11) is 0. The monoisotopic (exact) mass is 294 g/mol. The van der Waals surface area contributed by atoms with Gasteiger partial charge in [0.05, 0.1) is 17.4 Å². The zero-order valence-corrected chi connectivity index (χ0v) is 12.1. The number of fused-ring (bicyclic) bond motifs is 1. The first-order valence-electron chi connectivity index (χ1n) is 7.09. The number of piperidine rings is 1. The van der Waals surface area contributed by atoms with Crippen LogP contribution in [0, 0.1) is 0 Å². The van der Waals surface area contributed by atoms with E-state index in [0.29, 0.717) is 17.3 Å². The van der Waals surface area contributed by atoms with Crippen LogP contribution in [0.25, 0.3) is 0 Å². The molecule has 3 rings (SSSR count). The maximum Gasteiger partial charge on any atom is 0.253 e. The Labute approximate surface area is 123 Å². The number of nitrogens with one attached hydrogen (secondary N) is 1. The van der Waals surface area contributed by atoms with E-state index in [0.717, 1.165) is 19.4 Å². The Bertz CT molecular complexity index is 522. The van der Waals surface area contributed by atoms with E-state index in [1.165, 1.54) is 31.6 Å². The van der Waals surface area contributed by atoms with Gasteiger partial charge in [0.25, 0.3) is 5.91 Å². The number of pyridine rings is 1. The Hall–Kier alpha value is -1.33. The van der Waals surface area contributed by atoms with Crippen LogP contribution in [0.1, 0.15) is 36.0 Å². The fourth-order valence-electron chi connectivity index (χ4n) is 3.26. The number of nitrogens with two attached hydrogens (primary N) is 1. The molecule has 5 nitrogen and oxygen atoms in total. The van der Waals surface area contributed by atoms with Gasteiger partial charge in [-0.15, -0.1) is 0 Å². The average molecular weight is 295 g/mol. The largest absolute Gasteiger partial charge is 0.397 e. The molecule has 2 aliphatic rings. The van der Waals surface area contributed by atoms with Crippen molar-refractivity contribution in [3.8, 4) is 0 Å². The molecule has 0 aromatic carbocycles. The Balaban J connectivity index is 1.65. The minimum atomic E-state index is -0.150. The van der Waals surface area contributed by atoms with E-state index in [-0.39, 0.29) is 17.1 Å². The first-order valence-corrected chi connectivity index (χ1v) is 7.47. The van der Waals surface area contributed by atoms with E-state index in [2.05, 4.69) is 15.2 Å². The van der Waals surface area contributed by atoms with Gasteiger partial charge in [-0.1, -0.05) is 11.6 Å². The molecular weight excluding hydrogens is 276 g/mol. The highest BCUT2D eigenvalue weighted by Gasteiger charge is 2.32. The number of rotatable bonds is 2. The first-order chi connectivity index (χ1) is 9.63. The number of nitrogens with zero attached hydrogens (tertiary/aromatic N) is 2. The SMILES string of the molecule is Nc1cnc(Cl)cc1C(=O)NC1CCN2CCCC2C1. The molecule has 3 N–H and O–H groups in total. The van der Waals surface area contributed by atoms with Gasteiger partial charge in [-0.2, -0.15) is 0 Å². The van der Waals surface area contributed by atoms with Crippen LogP contribution in [0.3, 0.4) is 0 Å². The summed E-state index contributed by atoms with van der Waals surface area (Å²) in [4.78, 5) is 18.7. The first kappa shape index (κ1) is 13.6. The van der Waals surface area contributed by atoms with Crippen molar-refractivity contribution in [3.63, 3.8) is 0 Å². The second kappa shape index (κ2) is 5.58. The molecule has 1 aromatic heterocycles. The van der Waals surface area contributed by atoms with Crippen LogP contribution >= 0.6 is 11.6 Å². The molecule has 2 fully saturated rings. The van der Waals surface area contributed by atoms with E-state index in [4.69, 9.17) is 17.3 Å². The number of halogens is 1. The number of carbonyl (C=O) groups is 1. The molecule has 0 aliphatic carbocycles. The van der Waals surface area contributed by atoms with Crippen molar-refractivity contribution in [3.05, 3.63) is 23.0 Å². The summed E-state index contributed by atoms with van der Waals surface area (Å²) in [5, 5.41) is 3.37. The van der Waals surface area contributed by atoms with Gasteiger partial charge < -0.3 is 16.0 Å². The van der Waals surface area contributed by atoms with Crippen molar-refractivity contribution < 1.29 is 4.79 Å². The van der Waals surface area contributed by atoms with E-state index in [9.17, 15) is 4.79 Å². The lowest BCUT2D eigenvalue weighted by atomic mass is 9.97. The molecule has 3 heterocycles. The fraction of sp³-hybridized carbons (Fsp3) is 0.571. The number of aromatic nitrogens is 1. The molecule has 2 unspecified atom stereocenters. The molecule has 2 aliphatic heterocycles. The second-order valence-corrected chi connectivity index (χ2v) is 6.01. The second-order valence-electron chi connectivity index (χ2n) is 5.62. The van der Waals surface area contributed by atoms with Crippen molar-refractivity contribution in [1.82, 2.24) is 15.2 Å². The maximum absolute atomic E-state index is 12.3. The highest BCUT2D eigenvalue weighted by Crippen LogP contribution is 2.27. The van der Waals surface area contributed by atoms with Crippen LogP contribution in [0.4, 0.5) is 5.69 Å². The molecule has 0 bridgehead atoms. The predicted octanol–water partition coefficient (Wildman–Crippen LogP) is 1.67. The van der Waals surface area contributed by atoms with Crippen molar-refractivity contribution in [1.29, 1.82) is 0 Å². The minimum absolute atomic E-state index is 0.150. The lowest BCUT2D eigenvalue weighted by Gasteiger charge is -2.35. The smallest absolute Gasteiger partial charge is 0.253 e. The Kier molecular flexibility index (Phi) is 3.81. The summed E-state index contributed by atoms with van der Waals surface area (Å²) >= 11 is 5.82. The Morgan fingerprint density at radius 3 is 3.15 bits per heavy atom. The van der Waals surface area contributed by atoms with Gasteiger partial charge >= 0.3 is 0 Å². The molecule has 108 valence electrons. The van der Waals surface area contributed by atoms with Crippen LogP contribution < -0.4 is 11.1 Å². The number of nitrogen functional groups attached to an aromatic ring is 1. The molecular formula is C14H19ClN4O. The summed E-state index contributed by atoms with van der Waals surface area (Å²) in [6, 6.07) is 2.39. The van der Waals surface area contributed by atoms with Gasteiger partial charge in [-0.25, -0.2) is 4.98 Å². The van der Waals surface area contributed by atoms with Gasteiger partial charge in [0.2, 0.25) is 0 Å². The normalized spacial score (nSPS) is 26.2. The molecule has 1 amide bonds. The molecule has 6 heteroatoms. The zero-order valence-electron chi connectivity index (χ0n) is 11.3. The third-order valence-corrected chi connectivity index (χ3v) is 4.51. The number of carbonyl (C=O) groups excluding carboxylic acids is 1. The van der Waals surface area contributed by atoms with Crippen LogP contribution in [0.2, 0.25) is 5.15 Å². The van der Waals surface area contributed by atoms with Gasteiger partial charge in [0.15, 0.2) is 0 Å². The summed E-state index contributed by atoms with van der Waals surface area (Å²) in [5.74, 6) is -0.150. The quantitative estimate of drug-likeness (QED) is 0.814. The third-order valence-electron chi connectivity index (χ3n) is 4.30. The number of amides is 1. The zero-order chi connectivity index (χ0) is 14.1. The van der Waals surface area contributed by atoms with E-state index in [1.54, 1.807) is 0 Å². The van der Waals surface area contributed by atoms with Crippen LogP contribution in [0.15, 0.2) is 12.3 Å². The Morgan fingerprint density at radius 2 is 2.30 bits per heavy atom. The maximum atomic E-state index is 12.3. The van der Waals surface area contributed by atoms with E-state index < -0.39 is 0 Å². The number of hydrogen-bond donors (Lipinski definition) is 2. The molecule has 20 heavy (non-hydrogen) atoms. The van der Waals surface area contributed by atoms with Crippen molar-refractivity contribution >= 4 is 23.2 Å². The highest BCUT2D eigenvalue weighted by molar-refractivity contribution is 6.29. The lowest BCUT2D eigenvalue weighted by Crippen LogP contribution is -2.47. The third kappa shape index (κ3) is 2.74. The molecule has 0 saturated carbocycles. The van der Waals surface area contributed by atoms with E-state index >= 15 is 0 Å². The molecule has 2 saturated heterocycles. The summed E-state index contributed by atoms with van der Waals surface area (Å²) in [6.07, 6.45) is 5.98. The number of hydrogen-bond acceptors (Lipinski definition) is 4.